The van der Waals surface area contributed by atoms with E-state index in [4.69, 9.17) is 0 Å². The molecule has 1 aliphatic rings. The summed E-state index contributed by atoms with van der Waals surface area (Å²) in [7, 11) is 0. The molecule has 0 N–H and O–H groups in total. The molecule has 0 spiro atoms. The molecule has 1 aliphatic carbocycles. The lowest BCUT2D eigenvalue weighted by atomic mass is 9.93. The zero-order valence-corrected chi connectivity index (χ0v) is 23.4. The van der Waals surface area contributed by atoms with Crippen LogP contribution in [-0.4, -0.2) is 4.57 Å². The van der Waals surface area contributed by atoms with Gasteiger partial charge in [0.1, 0.15) is 0 Å². The summed E-state index contributed by atoms with van der Waals surface area (Å²) in [4.78, 5) is 0. The smallest absolute Gasteiger partial charge is 0.0541 e. The van der Waals surface area contributed by atoms with Crippen LogP contribution in [0.1, 0.15) is 0 Å². The number of nitrogens with zero attached hydrogens (tertiary/aromatic N) is 1. The first kappa shape index (κ1) is 23.0. The fraction of sp³-hybridized carbons (Fsp3) is 0. The van der Waals surface area contributed by atoms with Crippen LogP contribution < -0.4 is 0 Å². The van der Waals surface area contributed by atoms with Crippen molar-refractivity contribution in [2.45, 2.75) is 0 Å². The highest BCUT2D eigenvalue weighted by Gasteiger charge is 2.24. The van der Waals surface area contributed by atoms with Gasteiger partial charge in [0.05, 0.1) is 11.0 Å². The highest BCUT2D eigenvalue weighted by molar-refractivity contribution is 6.27. The maximum absolute atomic E-state index is 2.44. The van der Waals surface area contributed by atoms with E-state index < -0.39 is 0 Å². The van der Waals surface area contributed by atoms with Gasteiger partial charge < -0.3 is 4.57 Å². The van der Waals surface area contributed by atoms with Crippen molar-refractivity contribution in [1.29, 1.82) is 0 Å². The van der Waals surface area contributed by atoms with E-state index in [1.165, 1.54) is 93.2 Å². The molecule has 10 rings (SSSR count). The van der Waals surface area contributed by atoms with Crippen molar-refractivity contribution in [3.8, 4) is 39.1 Å². The van der Waals surface area contributed by atoms with Gasteiger partial charge in [-0.1, -0.05) is 115 Å². The third-order valence-electron chi connectivity index (χ3n) is 9.50. The lowest BCUT2D eigenvalue weighted by molar-refractivity contribution is 1.18. The monoisotopic (exact) mass is 543 g/mol. The van der Waals surface area contributed by atoms with E-state index in [0.717, 1.165) is 0 Å². The molecule has 198 valence electrons. The fourth-order valence-corrected chi connectivity index (χ4v) is 7.61. The van der Waals surface area contributed by atoms with Crippen molar-refractivity contribution in [1.82, 2.24) is 4.57 Å². The number of benzene rings is 8. The molecular weight excluding hydrogens is 518 g/mol. The molecule has 0 aliphatic heterocycles. The second-order valence-corrected chi connectivity index (χ2v) is 11.7. The SMILES string of the molecule is c1cc(-c2ccc3c(c2)-c2cc4c5ccccc5ccc4c4cccc-3c24)cc(-n2c3ccccc3c3ccccc32)c1. The molecule has 0 radical (unpaired) electrons. The second-order valence-electron chi connectivity index (χ2n) is 11.7. The van der Waals surface area contributed by atoms with Gasteiger partial charge in [-0.25, -0.2) is 0 Å². The van der Waals surface area contributed by atoms with E-state index >= 15 is 0 Å². The van der Waals surface area contributed by atoms with Crippen LogP contribution in [0.3, 0.4) is 0 Å². The summed E-state index contributed by atoms with van der Waals surface area (Å²) in [5.41, 5.74) is 11.4. The molecule has 0 atom stereocenters. The summed E-state index contributed by atoms with van der Waals surface area (Å²) in [6, 6.07) is 56.0. The summed E-state index contributed by atoms with van der Waals surface area (Å²) in [5, 5.41) is 10.5. The molecule has 0 fully saturated rings. The minimum atomic E-state index is 1.18. The van der Waals surface area contributed by atoms with E-state index in [2.05, 4.69) is 156 Å². The zero-order chi connectivity index (χ0) is 28.1. The summed E-state index contributed by atoms with van der Waals surface area (Å²) in [6.07, 6.45) is 0. The average Bonchev–Trinajstić information content (AvgIpc) is 3.58. The van der Waals surface area contributed by atoms with Gasteiger partial charge in [0.2, 0.25) is 0 Å². The van der Waals surface area contributed by atoms with Gasteiger partial charge in [0.25, 0.3) is 0 Å². The molecular formula is C42H25N. The molecule has 0 amide bonds. The Kier molecular flexibility index (Phi) is 4.51. The molecule has 1 heterocycles. The van der Waals surface area contributed by atoms with E-state index in [1.807, 2.05) is 0 Å². The van der Waals surface area contributed by atoms with Crippen molar-refractivity contribution in [2.75, 3.05) is 0 Å². The Balaban J connectivity index is 1.19. The molecule has 1 nitrogen and oxygen atoms in total. The van der Waals surface area contributed by atoms with Crippen molar-refractivity contribution >= 4 is 54.1 Å². The maximum Gasteiger partial charge on any atom is 0.0541 e. The minimum Gasteiger partial charge on any atom is -0.309 e. The van der Waals surface area contributed by atoms with E-state index in [9.17, 15) is 0 Å². The van der Waals surface area contributed by atoms with Crippen molar-refractivity contribution in [3.05, 3.63) is 152 Å². The highest BCUT2D eigenvalue weighted by atomic mass is 15.0. The average molecular weight is 544 g/mol. The lowest BCUT2D eigenvalue weighted by Crippen LogP contribution is -1.94. The molecule has 43 heavy (non-hydrogen) atoms. The summed E-state index contributed by atoms with van der Waals surface area (Å²) in [6.45, 7) is 0. The predicted molar refractivity (Wildman–Crippen MR) is 183 cm³/mol. The van der Waals surface area contributed by atoms with Gasteiger partial charge >= 0.3 is 0 Å². The standard InChI is InChI=1S/C42H25N/c1-2-12-30-26(9-1)19-21-32-36-16-8-15-35-31-22-20-28(24-37(31)39(42(35)36)25-38(30)32)27-10-7-11-29(23-27)43-40-17-5-3-13-33(40)34-14-4-6-18-41(34)43/h1-25H. The predicted octanol–water partition coefficient (Wildman–Crippen LogP) is 11.6. The Morgan fingerprint density at radius 2 is 1.02 bits per heavy atom. The second kappa shape index (κ2) is 8.44. The Morgan fingerprint density at radius 1 is 0.326 bits per heavy atom. The zero-order valence-electron chi connectivity index (χ0n) is 23.4. The highest BCUT2D eigenvalue weighted by Crippen LogP contribution is 2.51. The summed E-state index contributed by atoms with van der Waals surface area (Å²) >= 11 is 0. The van der Waals surface area contributed by atoms with Crippen molar-refractivity contribution in [2.24, 2.45) is 0 Å². The van der Waals surface area contributed by atoms with Crippen LogP contribution in [0.5, 0.6) is 0 Å². The molecule has 0 saturated carbocycles. The van der Waals surface area contributed by atoms with E-state index in [0.29, 0.717) is 0 Å². The number of hydrogen-bond donors (Lipinski definition) is 0. The Labute approximate surface area is 248 Å². The van der Waals surface area contributed by atoms with Gasteiger partial charge in [0, 0.05) is 16.5 Å². The van der Waals surface area contributed by atoms with Crippen LogP contribution in [-0.2, 0) is 0 Å². The minimum absolute atomic E-state index is 1.18. The largest absolute Gasteiger partial charge is 0.309 e. The quantitative estimate of drug-likeness (QED) is 0.191. The topological polar surface area (TPSA) is 4.93 Å². The number of aromatic nitrogens is 1. The number of para-hydroxylation sites is 2. The van der Waals surface area contributed by atoms with Crippen LogP contribution in [0, 0.1) is 0 Å². The van der Waals surface area contributed by atoms with E-state index in [-0.39, 0.29) is 0 Å². The molecule has 0 unspecified atom stereocenters. The van der Waals surface area contributed by atoms with Gasteiger partial charge in [-0.15, -0.1) is 0 Å². The van der Waals surface area contributed by atoms with Crippen molar-refractivity contribution < 1.29 is 0 Å². The lowest BCUT2D eigenvalue weighted by Gasteiger charge is -2.12. The first-order chi connectivity index (χ1) is 21.3. The molecule has 1 heteroatoms. The van der Waals surface area contributed by atoms with Gasteiger partial charge in [-0.3, -0.25) is 0 Å². The maximum atomic E-state index is 2.44. The third kappa shape index (κ3) is 3.11. The van der Waals surface area contributed by atoms with Crippen LogP contribution in [0.4, 0.5) is 0 Å². The fourth-order valence-electron chi connectivity index (χ4n) is 7.61. The van der Waals surface area contributed by atoms with Gasteiger partial charge in [-0.2, -0.15) is 0 Å². The summed E-state index contributed by atoms with van der Waals surface area (Å²) < 4.78 is 2.40. The molecule has 0 saturated heterocycles. The van der Waals surface area contributed by atoms with E-state index in [1.54, 1.807) is 0 Å². The molecule has 9 aromatic rings. The van der Waals surface area contributed by atoms with Crippen LogP contribution in [0.2, 0.25) is 0 Å². The number of hydrogen-bond acceptors (Lipinski definition) is 0. The van der Waals surface area contributed by atoms with Crippen LogP contribution in [0.25, 0.3) is 93.2 Å². The Morgan fingerprint density at radius 3 is 1.86 bits per heavy atom. The van der Waals surface area contributed by atoms with Gasteiger partial charge in [-0.05, 0) is 102 Å². The first-order valence-electron chi connectivity index (χ1n) is 14.9. The Hall–Kier alpha value is -5.66. The van der Waals surface area contributed by atoms with Crippen LogP contribution in [0.15, 0.2) is 152 Å². The number of rotatable bonds is 2. The summed E-state index contributed by atoms with van der Waals surface area (Å²) in [5.74, 6) is 0. The molecule has 1 aromatic heterocycles. The normalized spacial score (nSPS) is 12.2. The molecule has 8 aromatic carbocycles. The van der Waals surface area contributed by atoms with Crippen molar-refractivity contribution in [3.63, 3.8) is 0 Å². The first-order valence-corrected chi connectivity index (χ1v) is 14.9. The Bertz CT molecular complexity index is 2560. The van der Waals surface area contributed by atoms with Gasteiger partial charge in [0.15, 0.2) is 0 Å². The number of fused-ring (bicyclic) bond motifs is 10. The molecule has 0 bridgehead atoms. The third-order valence-corrected chi connectivity index (χ3v) is 9.50. The van der Waals surface area contributed by atoms with Crippen LogP contribution >= 0.6 is 0 Å².